The molecule has 0 saturated carbocycles. The molecule has 2 aromatic heterocycles. The van der Waals surface area contributed by atoms with E-state index in [1.54, 1.807) is 4.68 Å². The molecule has 2 heterocycles. The van der Waals surface area contributed by atoms with Crippen LogP contribution in [0, 0.1) is 6.92 Å². The van der Waals surface area contributed by atoms with Gasteiger partial charge in [-0.3, -0.25) is 9.48 Å². The number of rotatable bonds is 4. The van der Waals surface area contributed by atoms with Crippen molar-refractivity contribution in [2.75, 3.05) is 0 Å². The van der Waals surface area contributed by atoms with Crippen molar-refractivity contribution < 1.29 is 4.79 Å². The molecule has 0 aliphatic rings. The number of benzene rings is 2. The van der Waals surface area contributed by atoms with Gasteiger partial charge in [0.15, 0.2) is 0 Å². The summed E-state index contributed by atoms with van der Waals surface area (Å²) in [7, 11) is 1.88. The Morgan fingerprint density at radius 2 is 1.79 bits per heavy atom. The van der Waals surface area contributed by atoms with Gasteiger partial charge >= 0.3 is 0 Å². The number of hydrogen-bond acceptors (Lipinski definition) is 3. The van der Waals surface area contributed by atoms with Crippen molar-refractivity contribution in [1.29, 1.82) is 0 Å². The van der Waals surface area contributed by atoms with E-state index in [1.807, 2.05) is 87.8 Å². The highest BCUT2D eigenvalue weighted by atomic mass is 16.1. The smallest absolute Gasteiger partial charge is 0.252 e. The number of para-hydroxylation sites is 1. The minimum Gasteiger partial charge on any atom is -0.345 e. The molecule has 0 aliphatic carbocycles. The second-order valence-corrected chi connectivity index (χ2v) is 6.98. The summed E-state index contributed by atoms with van der Waals surface area (Å²) in [4.78, 5) is 17.9. The molecule has 0 bridgehead atoms. The van der Waals surface area contributed by atoms with Crippen molar-refractivity contribution in [2.45, 2.75) is 19.9 Å². The Balaban J connectivity index is 1.77. The summed E-state index contributed by atoms with van der Waals surface area (Å²) in [6.07, 6.45) is 1.93. The van der Waals surface area contributed by atoms with Crippen molar-refractivity contribution in [3.8, 4) is 11.3 Å². The summed E-state index contributed by atoms with van der Waals surface area (Å²) in [5.74, 6) is -0.113. The average Bonchev–Trinajstić information content (AvgIpc) is 3.05. The Labute approximate surface area is 164 Å². The molecule has 0 aliphatic heterocycles. The van der Waals surface area contributed by atoms with Gasteiger partial charge in [-0.25, -0.2) is 4.98 Å². The highest BCUT2D eigenvalue weighted by Crippen LogP contribution is 2.27. The fraction of sp³-hybridized carbons (Fsp3) is 0.174. The molecule has 0 spiro atoms. The van der Waals surface area contributed by atoms with Gasteiger partial charge in [0, 0.05) is 24.2 Å². The third kappa shape index (κ3) is 3.39. The summed E-state index contributed by atoms with van der Waals surface area (Å²) >= 11 is 0. The van der Waals surface area contributed by atoms with Crippen LogP contribution in [0.4, 0.5) is 0 Å². The first kappa shape index (κ1) is 17.9. The summed E-state index contributed by atoms with van der Waals surface area (Å²) in [5, 5.41) is 8.36. The van der Waals surface area contributed by atoms with Crippen LogP contribution in [0.15, 0.2) is 66.9 Å². The molecule has 2 aromatic carbocycles. The molecule has 1 N–H and O–H groups in total. The van der Waals surface area contributed by atoms with E-state index in [4.69, 9.17) is 4.98 Å². The molecule has 0 saturated heterocycles. The third-order valence-electron chi connectivity index (χ3n) is 4.90. The van der Waals surface area contributed by atoms with E-state index in [-0.39, 0.29) is 11.9 Å². The number of pyridine rings is 1. The maximum Gasteiger partial charge on any atom is 0.252 e. The Morgan fingerprint density at radius 1 is 1.07 bits per heavy atom. The molecule has 5 nitrogen and oxygen atoms in total. The monoisotopic (exact) mass is 370 g/mol. The van der Waals surface area contributed by atoms with E-state index in [0.29, 0.717) is 5.56 Å². The maximum absolute atomic E-state index is 13.2. The molecule has 0 radical (unpaired) electrons. The number of carbonyl (C=O) groups excluding carboxylic acids is 1. The predicted octanol–water partition coefficient (Wildman–Crippen LogP) is 4.43. The summed E-state index contributed by atoms with van der Waals surface area (Å²) < 4.78 is 1.76. The number of amides is 1. The van der Waals surface area contributed by atoms with Crippen LogP contribution in [0.5, 0.6) is 0 Å². The first-order valence-electron chi connectivity index (χ1n) is 9.29. The summed E-state index contributed by atoms with van der Waals surface area (Å²) in [6.45, 7) is 3.94. The summed E-state index contributed by atoms with van der Waals surface area (Å²) in [5.41, 5.74) is 5.04. The molecule has 0 fully saturated rings. The number of aryl methyl sites for hydroxylation is 2. The van der Waals surface area contributed by atoms with E-state index in [0.717, 1.165) is 33.4 Å². The lowest BCUT2D eigenvalue weighted by atomic mass is 10.0. The third-order valence-corrected chi connectivity index (χ3v) is 4.90. The standard InChI is InChI=1S/C23H22N4O/c1-15(17-9-5-4-6-10-17)24-23(28)19-13-22(20-14-27(3)26-16(20)2)25-21-12-8-7-11-18(19)21/h4-15H,1-3H3,(H,24,28). The molecular formula is C23H22N4O. The van der Waals surface area contributed by atoms with Crippen LogP contribution < -0.4 is 5.32 Å². The molecule has 4 aromatic rings. The largest absolute Gasteiger partial charge is 0.345 e. The van der Waals surface area contributed by atoms with Crippen LogP contribution in [0.2, 0.25) is 0 Å². The van der Waals surface area contributed by atoms with Crippen LogP contribution in [0.25, 0.3) is 22.2 Å². The topological polar surface area (TPSA) is 59.8 Å². The number of carbonyl (C=O) groups is 1. The van der Waals surface area contributed by atoms with Gasteiger partial charge in [-0.15, -0.1) is 0 Å². The molecule has 1 unspecified atom stereocenters. The van der Waals surface area contributed by atoms with Crippen molar-refractivity contribution in [2.24, 2.45) is 7.05 Å². The van der Waals surface area contributed by atoms with Crippen LogP contribution in [0.3, 0.4) is 0 Å². The minimum atomic E-state index is -0.113. The van der Waals surface area contributed by atoms with Gasteiger partial charge in [-0.2, -0.15) is 5.10 Å². The highest BCUT2D eigenvalue weighted by molar-refractivity contribution is 6.07. The zero-order chi connectivity index (χ0) is 19.7. The van der Waals surface area contributed by atoms with E-state index in [2.05, 4.69) is 10.4 Å². The molecular weight excluding hydrogens is 348 g/mol. The van der Waals surface area contributed by atoms with E-state index in [1.165, 1.54) is 0 Å². The van der Waals surface area contributed by atoms with Crippen LogP contribution in [-0.2, 0) is 7.05 Å². The normalized spacial score (nSPS) is 12.1. The Bertz CT molecular complexity index is 1150. The fourth-order valence-corrected chi connectivity index (χ4v) is 3.45. The van der Waals surface area contributed by atoms with Gasteiger partial charge in [0.2, 0.25) is 0 Å². The van der Waals surface area contributed by atoms with Gasteiger partial charge < -0.3 is 5.32 Å². The van der Waals surface area contributed by atoms with Gasteiger partial charge in [0.25, 0.3) is 5.91 Å². The molecule has 5 heteroatoms. The van der Waals surface area contributed by atoms with Crippen LogP contribution in [-0.4, -0.2) is 20.7 Å². The second kappa shape index (κ2) is 7.27. The number of nitrogens with one attached hydrogen (secondary N) is 1. The van der Waals surface area contributed by atoms with Crippen molar-refractivity contribution in [3.05, 3.63) is 83.7 Å². The Kier molecular flexibility index (Phi) is 4.65. The van der Waals surface area contributed by atoms with Crippen molar-refractivity contribution in [3.63, 3.8) is 0 Å². The molecule has 4 rings (SSSR count). The number of aromatic nitrogens is 3. The quantitative estimate of drug-likeness (QED) is 0.578. The number of hydrogen-bond donors (Lipinski definition) is 1. The molecule has 140 valence electrons. The predicted molar refractivity (Wildman–Crippen MR) is 111 cm³/mol. The SMILES string of the molecule is Cc1nn(C)cc1-c1cc(C(=O)NC(C)c2ccccc2)c2ccccc2n1. The van der Waals surface area contributed by atoms with E-state index < -0.39 is 0 Å². The van der Waals surface area contributed by atoms with Crippen molar-refractivity contribution >= 4 is 16.8 Å². The number of nitrogens with zero attached hydrogens (tertiary/aromatic N) is 3. The van der Waals surface area contributed by atoms with Crippen LogP contribution in [0.1, 0.15) is 34.6 Å². The first-order chi connectivity index (χ1) is 13.5. The second-order valence-electron chi connectivity index (χ2n) is 6.98. The van der Waals surface area contributed by atoms with E-state index in [9.17, 15) is 4.79 Å². The van der Waals surface area contributed by atoms with Gasteiger partial charge in [0.05, 0.1) is 28.5 Å². The van der Waals surface area contributed by atoms with Crippen molar-refractivity contribution in [1.82, 2.24) is 20.1 Å². The van der Waals surface area contributed by atoms with E-state index >= 15 is 0 Å². The van der Waals surface area contributed by atoms with Gasteiger partial charge in [-0.05, 0) is 31.5 Å². The molecule has 1 atom stereocenters. The van der Waals surface area contributed by atoms with Crippen LogP contribution >= 0.6 is 0 Å². The minimum absolute atomic E-state index is 0.0933. The Hall–Kier alpha value is -3.47. The zero-order valence-corrected chi connectivity index (χ0v) is 16.2. The average molecular weight is 370 g/mol. The zero-order valence-electron chi connectivity index (χ0n) is 16.2. The van der Waals surface area contributed by atoms with Gasteiger partial charge in [0.1, 0.15) is 0 Å². The summed E-state index contributed by atoms with van der Waals surface area (Å²) in [6, 6.07) is 19.4. The first-order valence-corrected chi connectivity index (χ1v) is 9.29. The highest BCUT2D eigenvalue weighted by Gasteiger charge is 2.18. The lowest BCUT2D eigenvalue weighted by Gasteiger charge is -2.16. The lowest BCUT2D eigenvalue weighted by molar-refractivity contribution is 0.0941. The fourth-order valence-electron chi connectivity index (χ4n) is 3.45. The molecule has 28 heavy (non-hydrogen) atoms. The molecule has 1 amide bonds. The lowest BCUT2D eigenvalue weighted by Crippen LogP contribution is -2.27. The number of fused-ring (bicyclic) bond motifs is 1. The Morgan fingerprint density at radius 3 is 2.50 bits per heavy atom. The van der Waals surface area contributed by atoms with Gasteiger partial charge in [-0.1, -0.05) is 48.5 Å². The maximum atomic E-state index is 13.2.